The first kappa shape index (κ1) is 16.3. The molecule has 0 atom stereocenters. The maximum Gasteiger partial charge on any atom is 0.278 e. The highest BCUT2D eigenvalue weighted by atomic mass is 16.5. The summed E-state index contributed by atoms with van der Waals surface area (Å²) >= 11 is 0. The van der Waals surface area contributed by atoms with Crippen molar-refractivity contribution < 1.29 is 14.1 Å². The quantitative estimate of drug-likeness (QED) is 0.697. The summed E-state index contributed by atoms with van der Waals surface area (Å²) in [5.41, 5.74) is 2.57. The standard InChI is InChI=1S/C18H19N5O3/c1-3-15-19-18(26-21-15)17-13-9-23(10-14(13)22(2)20-17)16(24)11-25-12-7-5-4-6-8-12/h4-8H,3,9-11H2,1-2H3. The first-order chi connectivity index (χ1) is 12.7. The Hall–Kier alpha value is -3.16. The molecule has 1 aromatic carbocycles. The maximum atomic E-state index is 12.5. The lowest BCUT2D eigenvalue weighted by atomic mass is 10.2. The molecule has 0 N–H and O–H groups in total. The molecule has 1 amide bonds. The number of fused-ring (bicyclic) bond motifs is 1. The SMILES string of the molecule is CCc1noc(-c2nn(C)c3c2CN(C(=O)COc2ccccc2)C3)n1. The zero-order valence-electron chi connectivity index (χ0n) is 14.7. The number of rotatable bonds is 5. The molecule has 0 bridgehead atoms. The second-order valence-corrected chi connectivity index (χ2v) is 6.12. The molecule has 8 nitrogen and oxygen atoms in total. The smallest absolute Gasteiger partial charge is 0.278 e. The minimum absolute atomic E-state index is 0.00129. The number of carbonyl (C=O) groups is 1. The molecular weight excluding hydrogens is 334 g/mol. The summed E-state index contributed by atoms with van der Waals surface area (Å²) in [5, 5.41) is 8.42. The molecule has 8 heteroatoms. The number of aryl methyl sites for hydroxylation is 2. The Labute approximate surface area is 150 Å². The van der Waals surface area contributed by atoms with Crippen molar-refractivity contribution in [2.75, 3.05) is 6.61 Å². The number of para-hydroxylation sites is 1. The van der Waals surface area contributed by atoms with E-state index in [1.54, 1.807) is 9.58 Å². The fourth-order valence-electron chi connectivity index (χ4n) is 2.99. The lowest BCUT2D eigenvalue weighted by Gasteiger charge is -2.16. The van der Waals surface area contributed by atoms with Crippen molar-refractivity contribution in [3.05, 3.63) is 47.4 Å². The summed E-state index contributed by atoms with van der Waals surface area (Å²) < 4.78 is 12.6. The highest BCUT2D eigenvalue weighted by Crippen LogP contribution is 2.31. The van der Waals surface area contributed by atoms with Crippen molar-refractivity contribution >= 4 is 5.91 Å². The van der Waals surface area contributed by atoms with Gasteiger partial charge in [-0.3, -0.25) is 9.48 Å². The molecule has 1 aliphatic rings. The van der Waals surface area contributed by atoms with E-state index in [-0.39, 0.29) is 12.5 Å². The Bertz CT molecular complexity index is 932. The van der Waals surface area contributed by atoms with Crippen molar-refractivity contribution in [1.82, 2.24) is 24.8 Å². The number of amides is 1. The van der Waals surface area contributed by atoms with Crippen molar-refractivity contribution in [2.24, 2.45) is 7.05 Å². The molecule has 4 rings (SSSR count). The van der Waals surface area contributed by atoms with Crippen molar-refractivity contribution in [1.29, 1.82) is 0 Å². The second kappa shape index (κ2) is 6.62. The fourth-order valence-corrected chi connectivity index (χ4v) is 2.99. The van der Waals surface area contributed by atoms with Crippen LogP contribution in [-0.2, 0) is 31.4 Å². The molecule has 0 unspecified atom stereocenters. The first-order valence-electron chi connectivity index (χ1n) is 8.49. The predicted octanol–water partition coefficient (Wildman–Crippen LogP) is 1.95. The third-order valence-electron chi connectivity index (χ3n) is 4.41. The Morgan fingerprint density at radius 2 is 2.08 bits per heavy atom. The van der Waals surface area contributed by atoms with E-state index in [0.29, 0.717) is 42.7 Å². The van der Waals surface area contributed by atoms with Crippen molar-refractivity contribution in [3.8, 4) is 17.3 Å². The van der Waals surface area contributed by atoms with E-state index < -0.39 is 0 Å². The van der Waals surface area contributed by atoms with E-state index in [9.17, 15) is 4.79 Å². The summed E-state index contributed by atoms with van der Waals surface area (Å²) in [4.78, 5) is 18.6. The summed E-state index contributed by atoms with van der Waals surface area (Å²) in [6, 6.07) is 9.31. The van der Waals surface area contributed by atoms with Crippen LogP contribution < -0.4 is 4.74 Å². The van der Waals surface area contributed by atoms with Gasteiger partial charge in [-0.25, -0.2) is 0 Å². The Kier molecular flexibility index (Phi) is 4.16. The van der Waals surface area contributed by atoms with Gasteiger partial charge in [0.25, 0.3) is 11.8 Å². The average molecular weight is 353 g/mol. The van der Waals surface area contributed by atoms with Crippen LogP contribution in [0, 0.1) is 0 Å². The molecule has 0 radical (unpaired) electrons. The maximum absolute atomic E-state index is 12.5. The van der Waals surface area contributed by atoms with Gasteiger partial charge in [0.1, 0.15) is 5.75 Å². The van der Waals surface area contributed by atoms with Gasteiger partial charge in [0.2, 0.25) is 0 Å². The summed E-state index contributed by atoms with van der Waals surface area (Å²) in [6.07, 6.45) is 0.694. The number of nitrogens with zero attached hydrogens (tertiary/aromatic N) is 5. The Balaban J connectivity index is 1.48. The van der Waals surface area contributed by atoms with E-state index in [1.807, 2.05) is 44.3 Å². The number of hydrogen-bond acceptors (Lipinski definition) is 6. The first-order valence-corrected chi connectivity index (χ1v) is 8.49. The zero-order chi connectivity index (χ0) is 18.1. The summed E-state index contributed by atoms with van der Waals surface area (Å²) in [5.74, 6) is 1.64. The molecular formula is C18H19N5O3. The Morgan fingerprint density at radius 3 is 2.81 bits per heavy atom. The molecule has 2 aromatic heterocycles. The van der Waals surface area contributed by atoms with E-state index in [1.165, 1.54) is 0 Å². The highest BCUT2D eigenvalue weighted by molar-refractivity contribution is 5.79. The lowest BCUT2D eigenvalue weighted by Crippen LogP contribution is -2.31. The normalized spacial score (nSPS) is 13.1. The molecule has 3 aromatic rings. The van der Waals surface area contributed by atoms with Crippen LogP contribution in [0.15, 0.2) is 34.9 Å². The van der Waals surface area contributed by atoms with Crippen molar-refractivity contribution in [2.45, 2.75) is 26.4 Å². The number of aromatic nitrogens is 4. The zero-order valence-corrected chi connectivity index (χ0v) is 14.7. The van der Waals surface area contributed by atoms with Crippen molar-refractivity contribution in [3.63, 3.8) is 0 Å². The summed E-state index contributed by atoms with van der Waals surface area (Å²) in [6.45, 7) is 2.91. The fraction of sp³-hybridized carbons (Fsp3) is 0.333. The third kappa shape index (κ3) is 2.94. The van der Waals surface area contributed by atoms with Gasteiger partial charge in [-0.05, 0) is 12.1 Å². The minimum atomic E-state index is -0.0734. The van der Waals surface area contributed by atoms with Gasteiger partial charge in [-0.2, -0.15) is 10.1 Å². The van der Waals surface area contributed by atoms with Crippen LogP contribution in [0.2, 0.25) is 0 Å². The van der Waals surface area contributed by atoms with Gasteiger partial charge >= 0.3 is 0 Å². The number of hydrogen-bond donors (Lipinski definition) is 0. The number of ether oxygens (including phenoxy) is 1. The van der Waals surface area contributed by atoms with E-state index >= 15 is 0 Å². The second-order valence-electron chi connectivity index (χ2n) is 6.12. The minimum Gasteiger partial charge on any atom is -0.484 e. The van der Waals surface area contributed by atoms with Crippen LogP contribution >= 0.6 is 0 Å². The van der Waals surface area contributed by atoms with Crippen LogP contribution in [0.25, 0.3) is 11.6 Å². The molecule has 0 fully saturated rings. The molecule has 0 spiro atoms. The molecule has 134 valence electrons. The van der Waals surface area contributed by atoms with Crippen LogP contribution in [0.3, 0.4) is 0 Å². The lowest BCUT2D eigenvalue weighted by molar-refractivity contribution is -0.134. The van der Waals surface area contributed by atoms with Gasteiger partial charge in [0.05, 0.1) is 18.8 Å². The van der Waals surface area contributed by atoms with E-state index in [2.05, 4.69) is 15.2 Å². The van der Waals surface area contributed by atoms with Gasteiger partial charge in [-0.15, -0.1) is 0 Å². The molecule has 0 saturated carbocycles. The molecule has 26 heavy (non-hydrogen) atoms. The van der Waals surface area contributed by atoms with Crippen LogP contribution in [-0.4, -0.2) is 37.3 Å². The number of benzene rings is 1. The molecule has 0 aliphatic carbocycles. The molecule has 1 aliphatic heterocycles. The monoisotopic (exact) mass is 353 g/mol. The largest absolute Gasteiger partial charge is 0.484 e. The van der Waals surface area contributed by atoms with Gasteiger partial charge in [-0.1, -0.05) is 30.3 Å². The highest BCUT2D eigenvalue weighted by Gasteiger charge is 2.32. The van der Waals surface area contributed by atoms with E-state index in [0.717, 1.165) is 11.3 Å². The third-order valence-corrected chi connectivity index (χ3v) is 4.41. The average Bonchev–Trinajstić information content (AvgIpc) is 3.37. The van der Waals surface area contributed by atoms with Crippen LogP contribution in [0.4, 0.5) is 0 Å². The molecule has 0 saturated heterocycles. The predicted molar refractivity (Wildman–Crippen MR) is 92.1 cm³/mol. The Morgan fingerprint density at radius 1 is 1.27 bits per heavy atom. The number of carbonyl (C=O) groups excluding carboxylic acids is 1. The topological polar surface area (TPSA) is 86.3 Å². The van der Waals surface area contributed by atoms with Gasteiger partial charge < -0.3 is 14.2 Å². The van der Waals surface area contributed by atoms with E-state index in [4.69, 9.17) is 9.26 Å². The summed E-state index contributed by atoms with van der Waals surface area (Å²) in [7, 11) is 1.86. The molecule has 3 heterocycles. The van der Waals surface area contributed by atoms with Crippen LogP contribution in [0.1, 0.15) is 24.0 Å². The van der Waals surface area contributed by atoms with Crippen LogP contribution in [0.5, 0.6) is 5.75 Å². The van der Waals surface area contributed by atoms with Gasteiger partial charge in [0, 0.05) is 19.0 Å². The van der Waals surface area contributed by atoms with Gasteiger partial charge in [0.15, 0.2) is 18.1 Å².